The molecule has 0 radical (unpaired) electrons. The lowest BCUT2D eigenvalue weighted by Gasteiger charge is -2.19. The van der Waals surface area contributed by atoms with Crippen LogP contribution in [0.1, 0.15) is 39.2 Å². The highest BCUT2D eigenvalue weighted by Gasteiger charge is 2.10. The van der Waals surface area contributed by atoms with E-state index < -0.39 is 0 Å². The van der Waals surface area contributed by atoms with Crippen LogP contribution in [-0.4, -0.2) is 24.1 Å². The Morgan fingerprint density at radius 2 is 2.10 bits per heavy atom. The van der Waals surface area contributed by atoms with Crippen molar-refractivity contribution in [2.24, 2.45) is 5.92 Å². The van der Waals surface area contributed by atoms with Gasteiger partial charge < -0.3 is 5.32 Å². The van der Waals surface area contributed by atoms with Crippen molar-refractivity contribution in [2.75, 3.05) is 18.1 Å². The number of hydrogen-bond acceptors (Lipinski definition) is 2. The molecule has 0 spiro atoms. The zero-order valence-corrected chi connectivity index (χ0v) is 15.4. The van der Waals surface area contributed by atoms with E-state index in [1.165, 1.54) is 40.8 Å². The van der Waals surface area contributed by atoms with Crippen LogP contribution in [0.5, 0.6) is 0 Å². The number of hydrogen-bond donors (Lipinski definition) is 1. The molecule has 1 unspecified atom stereocenters. The Balaban J connectivity index is 2.47. The van der Waals surface area contributed by atoms with Gasteiger partial charge in [0.1, 0.15) is 0 Å². The summed E-state index contributed by atoms with van der Waals surface area (Å²) in [5.41, 5.74) is 1.44. The van der Waals surface area contributed by atoms with Gasteiger partial charge in [-0.25, -0.2) is 0 Å². The van der Waals surface area contributed by atoms with E-state index in [1.54, 1.807) is 0 Å². The van der Waals surface area contributed by atoms with Crippen molar-refractivity contribution in [2.45, 2.75) is 46.1 Å². The molecule has 0 aliphatic rings. The lowest BCUT2D eigenvalue weighted by molar-refractivity contribution is 0.419. The summed E-state index contributed by atoms with van der Waals surface area (Å²) in [7, 11) is 0. The molecule has 0 saturated carbocycles. The van der Waals surface area contributed by atoms with Crippen molar-refractivity contribution < 1.29 is 0 Å². The number of halogens is 1. The highest BCUT2D eigenvalue weighted by atomic mass is 79.9. The first-order valence-corrected chi connectivity index (χ1v) is 9.62. The van der Waals surface area contributed by atoms with E-state index in [0.29, 0.717) is 6.04 Å². The Morgan fingerprint density at radius 1 is 1.30 bits per heavy atom. The van der Waals surface area contributed by atoms with Gasteiger partial charge in [0.25, 0.3) is 0 Å². The minimum absolute atomic E-state index is 0.574. The maximum Gasteiger partial charge on any atom is 0.0177 e. The molecule has 3 heteroatoms. The topological polar surface area (TPSA) is 12.0 Å². The van der Waals surface area contributed by atoms with Gasteiger partial charge in [-0.2, -0.15) is 11.8 Å². The van der Waals surface area contributed by atoms with Crippen molar-refractivity contribution >= 4 is 27.7 Å². The van der Waals surface area contributed by atoms with Crippen LogP contribution in [0.4, 0.5) is 0 Å². The molecule has 114 valence electrons. The Hall–Kier alpha value is 0.01000. The molecular formula is C17H28BrNS. The SMILES string of the molecule is CCSCCCC(CNC(C)C)Cc1cccc(Br)c1. The second kappa shape index (κ2) is 10.7. The Kier molecular flexibility index (Phi) is 9.66. The summed E-state index contributed by atoms with van der Waals surface area (Å²) < 4.78 is 1.19. The average molecular weight is 358 g/mol. The quantitative estimate of drug-likeness (QED) is 0.581. The van der Waals surface area contributed by atoms with Gasteiger partial charge in [0, 0.05) is 10.5 Å². The molecule has 20 heavy (non-hydrogen) atoms. The highest BCUT2D eigenvalue weighted by Crippen LogP contribution is 2.19. The first-order valence-electron chi connectivity index (χ1n) is 7.67. The van der Waals surface area contributed by atoms with Crippen molar-refractivity contribution in [3.63, 3.8) is 0 Å². The van der Waals surface area contributed by atoms with E-state index in [4.69, 9.17) is 0 Å². The normalized spacial score (nSPS) is 12.8. The van der Waals surface area contributed by atoms with E-state index in [2.05, 4.69) is 78.0 Å². The van der Waals surface area contributed by atoms with Gasteiger partial charge in [0.05, 0.1) is 0 Å². The fourth-order valence-corrected chi connectivity index (χ4v) is 3.40. The zero-order valence-electron chi connectivity index (χ0n) is 13.0. The number of rotatable bonds is 10. The van der Waals surface area contributed by atoms with Crippen LogP contribution in [0, 0.1) is 5.92 Å². The van der Waals surface area contributed by atoms with Crippen LogP contribution in [0.15, 0.2) is 28.7 Å². The average Bonchev–Trinajstić information content (AvgIpc) is 2.40. The summed E-state index contributed by atoms with van der Waals surface area (Å²) in [4.78, 5) is 0. The molecule has 0 bridgehead atoms. The van der Waals surface area contributed by atoms with Gasteiger partial charge in [-0.3, -0.25) is 0 Å². The zero-order chi connectivity index (χ0) is 14.8. The van der Waals surface area contributed by atoms with Crippen LogP contribution in [0.25, 0.3) is 0 Å². The molecule has 0 amide bonds. The number of benzene rings is 1. The molecule has 0 saturated heterocycles. The fraction of sp³-hybridized carbons (Fsp3) is 0.647. The summed E-state index contributed by atoms with van der Waals surface area (Å²) >= 11 is 5.62. The minimum atomic E-state index is 0.574. The van der Waals surface area contributed by atoms with Crippen LogP contribution < -0.4 is 5.32 Å². The summed E-state index contributed by atoms with van der Waals surface area (Å²) in [6.07, 6.45) is 3.83. The second-order valence-electron chi connectivity index (χ2n) is 5.60. The van der Waals surface area contributed by atoms with Gasteiger partial charge in [-0.1, -0.05) is 48.8 Å². The van der Waals surface area contributed by atoms with E-state index in [9.17, 15) is 0 Å². The highest BCUT2D eigenvalue weighted by molar-refractivity contribution is 9.10. The molecule has 1 aromatic carbocycles. The van der Waals surface area contributed by atoms with Gasteiger partial charge in [0.15, 0.2) is 0 Å². The monoisotopic (exact) mass is 357 g/mol. The Morgan fingerprint density at radius 3 is 2.75 bits per heavy atom. The maximum absolute atomic E-state index is 3.60. The van der Waals surface area contributed by atoms with Crippen LogP contribution >= 0.6 is 27.7 Å². The lowest BCUT2D eigenvalue weighted by Crippen LogP contribution is -2.30. The standard InChI is InChI=1S/C17H28BrNS/c1-4-20-10-6-8-16(13-19-14(2)3)11-15-7-5-9-17(18)12-15/h5,7,9,12,14,16,19H,4,6,8,10-11,13H2,1-3H3. The maximum atomic E-state index is 3.60. The molecule has 1 atom stereocenters. The third kappa shape index (κ3) is 8.33. The Labute approximate surface area is 137 Å². The third-order valence-corrected chi connectivity index (χ3v) is 4.81. The minimum Gasteiger partial charge on any atom is -0.314 e. The summed E-state index contributed by atoms with van der Waals surface area (Å²) in [6, 6.07) is 9.31. The second-order valence-corrected chi connectivity index (χ2v) is 7.91. The van der Waals surface area contributed by atoms with E-state index in [0.717, 1.165) is 12.5 Å². The van der Waals surface area contributed by atoms with Crippen LogP contribution in [0.2, 0.25) is 0 Å². The molecule has 0 heterocycles. The van der Waals surface area contributed by atoms with Gasteiger partial charge in [-0.05, 0) is 60.9 Å². The summed E-state index contributed by atoms with van der Waals surface area (Å²) in [5.74, 6) is 3.28. The smallest absolute Gasteiger partial charge is 0.0177 e. The van der Waals surface area contributed by atoms with E-state index >= 15 is 0 Å². The molecule has 1 aromatic rings. The predicted octanol–water partition coefficient (Wildman–Crippen LogP) is 5.14. The molecule has 0 fully saturated rings. The van der Waals surface area contributed by atoms with E-state index in [1.807, 2.05) is 0 Å². The van der Waals surface area contributed by atoms with Crippen LogP contribution in [0.3, 0.4) is 0 Å². The molecule has 1 N–H and O–H groups in total. The molecule has 0 aliphatic carbocycles. The van der Waals surface area contributed by atoms with Crippen molar-refractivity contribution in [3.8, 4) is 0 Å². The molecule has 1 nitrogen and oxygen atoms in total. The van der Waals surface area contributed by atoms with Gasteiger partial charge >= 0.3 is 0 Å². The predicted molar refractivity (Wildman–Crippen MR) is 96.7 cm³/mol. The first kappa shape index (κ1) is 18.1. The third-order valence-electron chi connectivity index (χ3n) is 3.33. The first-order chi connectivity index (χ1) is 9.61. The van der Waals surface area contributed by atoms with Gasteiger partial charge in [-0.15, -0.1) is 0 Å². The van der Waals surface area contributed by atoms with Gasteiger partial charge in [0.2, 0.25) is 0 Å². The number of thioether (sulfide) groups is 1. The molecular weight excluding hydrogens is 330 g/mol. The fourth-order valence-electron chi connectivity index (χ4n) is 2.29. The lowest BCUT2D eigenvalue weighted by atomic mass is 9.95. The molecule has 0 aromatic heterocycles. The number of nitrogens with one attached hydrogen (secondary N) is 1. The van der Waals surface area contributed by atoms with E-state index in [-0.39, 0.29) is 0 Å². The Bertz CT molecular complexity index is 368. The van der Waals surface area contributed by atoms with Crippen LogP contribution in [-0.2, 0) is 6.42 Å². The molecule has 0 aliphatic heterocycles. The van der Waals surface area contributed by atoms with Crippen molar-refractivity contribution in [1.82, 2.24) is 5.32 Å². The summed E-state index contributed by atoms with van der Waals surface area (Å²) in [6.45, 7) is 7.82. The molecule has 1 rings (SSSR count). The largest absolute Gasteiger partial charge is 0.314 e. The van der Waals surface area contributed by atoms with Crippen molar-refractivity contribution in [1.29, 1.82) is 0 Å². The summed E-state index contributed by atoms with van der Waals surface area (Å²) in [5, 5.41) is 3.60. The van der Waals surface area contributed by atoms with Crippen molar-refractivity contribution in [3.05, 3.63) is 34.3 Å².